The summed E-state index contributed by atoms with van der Waals surface area (Å²) in [5.74, 6) is 2.52. The molecule has 0 bridgehead atoms. The van der Waals surface area contributed by atoms with Crippen molar-refractivity contribution in [1.29, 1.82) is 0 Å². The number of hydrogen-bond donors (Lipinski definition) is 3. The van der Waals surface area contributed by atoms with Crippen LogP contribution < -0.4 is 16.4 Å². The highest BCUT2D eigenvalue weighted by Gasteiger charge is 2.24. The van der Waals surface area contributed by atoms with Gasteiger partial charge in [0.05, 0.1) is 6.04 Å². The maximum atomic E-state index is 12.0. The van der Waals surface area contributed by atoms with Crippen LogP contribution in [0.2, 0.25) is 0 Å². The van der Waals surface area contributed by atoms with Crippen LogP contribution in [0.15, 0.2) is 0 Å². The SMILES string of the molecule is C#CC(CC)NC(=O)c1sc(NC2CC2)nc1N. The van der Waals surface area contributed by atoms with Crippen LogP contribution in [0, 0.1) is 12.3 Å². The van der Waals surface area contributed by atoms with Gasteiger partial charge in [0, 0.05) is 6.04 Å². The standard InChI is InChI=1S/C12H16N4OS/c1-3-7(4-2)14-11(17)9-10(13)16-12(18-9)15-8-5-6-8/h1,7-8H,4-6,13H2,2H3,(H,14,17)(H,15,16). The van der Waals surface area contributed by atoms with Gasteiger partial charge in [0.25, 0.3) is 5.91 Å². The Morgan fingerprint density at radius 2 is 2.44 bits per heavy atom. The second-order valence-electron chi connectivity index (χ2n) is 4.25. The number of nitrogens with two attached hydrogens (primary N) is 1. The van der Waals surface area contributed by atoms with Gasteiger partial charge in [-0.15, -0.1) is 6.42 Å². The number of aromatic nitrogens is 1. The average molecular weight is 264 g/mol. The Morgan fingerprint density at radius 1 is 1.72 bits per heavy atom. The van der Waals surface area contributed by atoms with E-state index in [1.165, 1.54) is 11.3 Å². The number of carbonyl (C=O) groups excluding carboxylic acids is 1. The Balaban J connectivity index is 2.04. The lowest BCUT2D eigenvalue weighted by molar-refractivity contribution is 0.0950. The molecule has 6 heteroatoms. The smallest absolute Gasteiger partial charge is 0.266 e. The third-order valence-electron chi connectivity index (χ3n) is 2.68. The number of rotatable bonds is 5. The average Bonchev–Trinajstić information content (AvgIpc) is 3.08. The predicted molar refractivity (Wildman–Crippen MR) is 73.5 cm³/mol. The molecule has 4 N–H and O–H groups in total. The largest absolute Gasteiger partial charge is 0.382 e. The normalized spacial score (nSPS) is 15.8. The summed E-state index contributed by atoms with van der Waals surface area (Å²) in [7, 11) is 0. The zero-order valence-electron chi connectivity index (χ0n) is 10.2. The van der Waals surface area contributed by atoms with Gasteiger partial charge in [0.1, 0.15) is 10.7 Å². The quantitative estimate of drug-likeness (QED) is 0.703. The molecule has 0 radical (unpaired) electrons. The second kappa shape index (κ2) is 5.27. The second-order valence-corrected chi connectivity index (χ2v) is 5.25. The molecule has 0 aromatic carbocycles. The molecule has 1 heterocycles. The molecule has 1 atom stereocenters. The first-order valence-corrected chi connectivity index (χ1v) is 6.75. The van der Waals surface area contributed by atoms with Gasteiger partial charge >= 0.3 is 0 Å². The molecular formula is C12H16N4OS. The summed E-state index contributed by atoms with van der Waals surface area (Å²) in [4.78, 5) is 16.5. The highest BCUT2D eigenvalue weighted by Crippen LogP contribution is 2.30. The van der Waals surface area contributed by atoms with Crippen LogP contribution in [0.25, 0.3) is 0 Å². The van der Waals surface area contributed by atoms with Crippen molar-refractivity contribution in [3.63, 3.8) is 0 Å². The van der Waals surface area contributed by atoms with Crippen molar-refractivity contribution in [3.05, 3.63) is 4.88 Å². The van der Waals surface area contributed by atoms with Gasteiger partial charge in [-0.25, -0.2) is 4.98 Å². The Labute approximate surface area is 110 Å². The van der Waals surface area contributed by atoms with E-state index in [4.69, 9.17) is 12.2 Å². The number of hydrogen-bond acceptors (Lipinski definition) is 5. The summed E-state index contributed by atoms with van der Waals surface area (Å²) in [5.41, 5.74) is 5.74. The van der Waals surface area contributed by atoms with E-state index in [-0.39, 0.29) is 17.8 Å². The van der Waals surface area contributed by atoms with Crippen molar-refractivity contribution in [2.45, 2.75) is 38.3 Å². The van der Waals surface area contributed by atoms with Gasteiger partial charge in [-0.3, -0.25) is 4.79 Å². The maximum Gasteiger partial charge on any atom is 0.266 e. The fraction of sp³-hybridized carbons (Fsp3) is 0.500. The monoisotopic (exact) mass is 264 g/mol. The third-order valence-corrected chi connectivity index (χ3v) is 3.68. The van der Waals surface area contributed by atoms with E-state index in [0.717, 1.165) is 12.8 Å². The molecule has 1 amide bonds. The van der Waals surface area contributed by atoms with Crippen molar-refractivity contribution in [2.24, 2.45) is 0 Å². The number of anilines is 2. The highest BCUT2D eigenvalue weighted by atomic mass is 32.1. The minimum absolute atomic E-state index is 0.251. The molecule has 18 heavy (non-hydrogen) atoms. The van der Waals surface area contributed by atoms with Gasteiger partial charge in [0.15, 0.2) is 5.13 Å². The minimum atomic E-state index is -0.265. The number of carbonyl (C=O) groups is 1. The Morgan fingerprint density at radius 3 is 3.00 bits per heavy atom. The molecule has 0 saturated heterocycles. The molecule has 96 valence electrons. The minimum Gasteiger partial charge on any atom is -0.382 e. The summed E-state index contributed by atoms with van der Waals surface area (Å²) in [5, 5.41) is 6.67. The van der Waals surface area contributed by atoms with Crippen molar-refractivity contribution in [3.8, 4) is 12.3 Å². The van der Waals surface area contributed by atoms with Crippen molar-refractivity contribution >= 4 is 28.2 Å². The Hall–Kier alpha value is -1.74. The fourth-order valence-electron chi connectivity index (χ4n) is 1.44. The third kappa shape index (κ3) is 2.93. The molecule has 1 aromatic heterocycles. The van der Waals surface area contributed by atoms with Crippen molar-refractivity contribution in [1.82, 2.24) is 10.3 Å². The lowest BCUT2D eigenvalue weighted by Gasteiger charge is -2.09. The van der Waals surface area contributed by atoms with E-state index in [9.17, 15) is 4.79 Å². The number of thiazole rings is 1. The topological polar surface area (TPSA) is 80.0 Å². The van der Waals surface area contributed by atoms with Gasteiger partial charge < -0.3 is 16.4 Å². The zero-order valence-corrected chi connectivity index (χ0v) is 11.0. The Kier molecular flexibility index (Phi) is 3.72. The van der Waals surface area contributed by atoms with Crippen LogP contribution in [0.3, 0.4) is 0 Å². The first kappa shape index (κ1) is 12.7. The summed E-state index contributed by atoms with van der Waals surface area (Å²) in [6.45, 7) is 1.92. The van der Waals surface area contributed by atoms with Crippen LogP contribution in [-0.2, 0) is 0 Å². The fourth-order valence-corrected chi connectivity index (χ4v) is 2.31. The van der Waals surface area contributed by atoms with Gasteiger partial charge in [-0.05, 0) is 19.3 Å². The lowest BCUT2D eigenvalue weighted by Crippen LogP contribution is -2.33. The van der Waals surface area contributed by atoms with E-state index in [1.807, 2.05) is 6.92 Å². The molecule has 5 nitrogen and oxygen atoms in total. The predicted octanol–water partition coefficient (Wildman–Crippen LogP) is 1.44. The van der Waals surface area contributed by atoms with Crippen LogP contribution in [0.1, 0.15) is 35.9 Å². The van der Waals surface area contributed by atoms with E-state index in [0.29, 0.717) is 22.5 Å². The van der Waals surface area contributed by atoms with E-state index in [1.54, 1.807) is 0 Å². The van der Waals surface area contributed by atoms with E-state index >= 15 is 0 Å². The highest BCUT2D eigenvalue weighted by molar-refractivity contribution is 7.18. The summed E-state index contributed by atoms with van der Waals surface area (Å²) in [6, 6.07) is 0.222. The molecule has 2 rings (SSSR count). The zero-order chi connectivity index (χ0) is 13.1. The first-order chi connectivity index (χ1) is 8.63. The van der Waals surface area contributed by atoms with E-state index in [2.05, 4.69) is 21.5 Å². The summed E-state index contributed by atoms with van der Waals surface area (Å²) >= 11 is 1.27. The molecule has 0 aliphatic heterocycles. The van der Waals surface area contributed by atoms with Gasteiger partial charge in [-0.1, -0.05) is 24.2 Å². The maximum absolute atomic E-state index is 12.0. The molecule has 1 unspecified atom stereocenters. The van der Waals surface area contributed by atoms with Crippen molar-refractivity contribution in [2.75, 3.05) is 11.1 Å². The van der Waals surface area contributed by atoms with Crippen LogP contribution in [0.5, 0.6) is 0 Å². The molecule has 1 aliphatic rings. The molecule has 1 fully saturated rings. The van der Waals surface area contributed by atoms with E-state index < -0.39 is 0 Å². The number of nitrogen functional groups attached to an aromatic ring is 1. The number of nitrogens with zero attached hydrogens (tertiary/aromatic N) is 1. The van der Waals surface area contributed by atoms with Crippen LogP contribution in [-0.4, -0.2) is 23.0 Å². The summed E-state index contributed by atoms with van der Waals surface area (Å²) < 4.78 is 0. The van der Waals surface area contributed by atoms with Crippen molar-refractivity contribution < 1.29 is 4.79 Å². The lowest BCUT2D eigenvalue weighted by atomic mass is 10.2. The van der Waals surface area contributed by atoms with Gasteiger partial charge in [-0.2, -0.15) is 0 Å². The Bertz CT molecular complexity index is 487. The van der Waals surface area contributed by atoms with Crippen LogP contribution in [0.4, 0.5) is 10.9 Å². The first-order valence-electron chi connectivity index (χ1n) is 5.93. The number of terminal acetylenes is 1. The molecule has 1 saturated carbocycles. The molecular weight excluding hydrogens is 248 g/mol. The molecule has 0 spiro atoms. The molecule has 1 aromatic rings. The van der Waals surface area contributed by atoms with Gasteiger partial charge in [0.2, 0.25) is 0 Å². The molecule has 1 aliphatic carbocycles. The number of amides is 1. The summed E-state index contributed by atoms with van der Waals surface area (Å²) in [6.07, 6.45) is 8.29. The van der Waals surface area contributed by atoms with Crippen LogP contribution >= 0.6 is 11.3 Å². The number of nitrogens with one attached hydrogen (secondary N) is 2.